The summed E-state index contributed by atoms with van der Waals surface area (Å²) >= 11 is 19.4. The van der Waals surface area contributed by atoms with Gasteiger partial charge in [-0.25, -0.2) is 8.42 Å². The Kier molecular flexibility index (Phi) is 4.62. The Morgan fingerprint density at radius 2 is 1.76 bits per heavy atom. The second kappa shape index (κ2) is 5.70. The van der Waals surface area contributed by atoms with Gasteiger partial charge in [-0.05, 0) is 45.7 Å². The molecule has 0 amide bonds. The maximum atomic E-state index is 12.9. The second-order valence-electron chi connectivity index (χ2n) is 3.93. The number of benzene rings is 1. The number of alkyl halides is 3. The minimum Gasteiger partial charge on any atom is -0.344 e. The molecule has 2 aromatic rings. The first-order chi connectivity index (χ1) is 9.54. The summed E-state index contributed by atoms with van der Waals surface area (Å²) in [5.74, 6) is 0. The van der Waals surface area contributed by atoms with Gasteiger partial charge in [-0.15, -0.1) is 0 Å². The second-order valence-corrected chi connectivity index (χ2v) is 8.26. The molecule has 0 aliphatic heterocycles. The Morgan fingerprint density at radius 3 is 2.29 bits per heavy atom. The molecule has 3 nitrogen and oxygen atoms in total. The Labute approximate surface area is 142 Å². The molecule has 1 aromatic heterocycles. The maximum absolute atomic E-state index is 12.9. The molecule has 0 saturated carbocycles. The third-order valence-electron chi connectivity index (χ3n) is 2.55. The largest absolute Gasteiger partial charge is 0.428 e. The molecule has 1 aromatic carbocycles. The number of hydrogen-bond donors (Lipinski definition) is 1. The summed E-state index contributed by atoms with van der Waals surface area (Å²) in [7, 11) is -5.02. The predicted octanol–water partition coefficient (Wildman–Crippen LogP) is 5.31. The van der Waals surface area contributed by atoms with Crippen LogP contribution in [0, 0.1) is 0 Å². The van der Waals surface area contributed by atoms with Crippen LogP contribution in [0.1, 0.15) is 0 Å². The highest BCUT2D eigenvalue weighted by Crippen LogP contribution is 2.38. The minimum atomic E-state index is -5.02. The number of rotatable bonds is 3. The van der Waals surface area contributed by atoms with Crippen LogP contribution in [0.25, 0.3) is 11.3 Å². The van der Waals surface area contributed by atoms with Crippen LogP contribution in [0.3, 0.4) is 0 Å². The van der Waals surface area contributed by atoms with E-state index in [0.29, 0.717) is 10.6 Å². The zero-order chi connectivity index (χ0) is 16.0. The van der Waals surface area contributed by atoms with Gasteiger partial charge in [0.05, 0.1) is 15.7 Å². The van der Waals surface area contributed by atoms with Gasteiger partial charge in [0.1, 0.15) is 5.03 Å². The van der Waals surface area contributed by atoms with Crippen molar-refractivity contribution >= 4 is 60.6 Å². The van der Waals surface area contributed by atoms with Gasteiger partial charge in [0.2, 0.25) is 0 Å². The number of aromatic amines is 1. The summed E-state index contributed by atoms with van der Waals surface area (Å²) < 4.78 is 44.9. The van der Waals surface area contributed by atoms with Crippen LogP contribution < -0.4 is 0 Å². The number of hydrogen-bond acceptors (Lipinski definition) is 2. The number of halogens is 6. The van der Waals surface area contributed by atoms with E-state index in [0.717, 1.165) is 6.07 Å². The van der Waals surface area contributed by atoms with Crippen molar-refractivity contribution in [1.82, 2.24) is 4.98 Å². The van der Waals surface area contributed by atoms with Crippen LogP contribution >= 0.6 is 50.7 Å². The van der Waals surface area contributed by atoms with Gasteiger partial charge >= 0.3 is 4.71 Å². The summed E-state index contributed by atoms with van der Waals surface area (Å²) in [6, 6.07) is 5.52. The molecule has 0 atom stereocenters. The molecule has 0 aliphatic carbocycles. The number of H-pyrrole nitrogens is 1. The molecular formula is C11H5BrCl3F2NO2S. The fourth-order valence-corrected chi connectivity index (χ4v) is 3.55. The van der Waals surface area contributed by atoms with E-state index < -0.39 is 19.6 Å². The molecule has 0 spiro atoms. The smallest absolute Gasteiger partial charge is 0.344 e. The molecule has 21 heavy (non-hydrogen) atoms. The van der Waals surface area contributed by atoms with Crippen molar-refractivity contribution in [3.05, 3.63) is 38.8 Å². The van der Waals surface area contributed by atoms with E-state index in [1.807, 2.05) is 0 Å². The lowest BCUT2D eigenvalue weighted by atomic mass is 10.2. The van der Waals surface area contributed by atoms with Gasteiger partial charge in [0.15, 0.2) is 0 Å². The molecule has 0 bridgehead atoms. The predicted molar refractivity (Wildman–Crippen MR) is 81.9 cm³/mol. The minimum absolute atomic E-state index is 0.239. The summed E-state index contributed by atoms with van der Waals surface area (Å²) in [5.41, 5.74) is 0.726. The Bertz CT molecular complexity index is 802. The first-order valence-electron chi connectivity index (χ1n) is 5.19. The number of aromatic nitrogens is 1. The van der Waals surface area contributed by atoms with Gasteiger partial charge in [-0.3, -0.25) is 0 Å². The average molecular weight is 439 g/mol. The number of sulfone groups is 1. The lowest BCUT2D eigenvalue weighted by Crippen LogP contribution is -2.22. The highest BCUT2D eigenvalue weighted by atomic mass is 79.9. The van der Waals surface area contributed by atoms with E-state index in [4.69, 9.17) is 23.2 Å². The summed E-state index contributed by atoms with van der Waals surface area (Å²) in [6.07, 6.45) is 0. The lowest BCUT2D eigenvalue weighted by Gasteiger charge is -2.07. The normalized spacial score (nSPS) is 12.7. The molecule has 0 radical (unpaired) electrons. The highest BCUT2D eigenvalue weighted by Gasteiger charge is 2.45. The summed E-state index contributed by atoms with van der Waals surface area (Å²) in [4.78, 5) is 2.39. The monoisotopic (exact) mass is 437 g/mol. The van der Waals surface area contributed by atoms with Gasteiger partial charge in [-0.2, -0.15) is 8.78 Å². The van der Waals surface area contributed by atoms with E-state index in [2.05, 4.69) is 32.5 Å². The van der Waals surface area contributed by atoms with Crippen molar-refractivity contribution < 1.29 is 17.2 Å². The van der Waals surface area contributed by atoms with Crippen LogP contribution in [-0.2, 0) is 9.84 Å². The van der Waals surface area contributed by atoms with Gasteiger partial charge in [0, 0.05) is 10.0 Å². The van der Waals surface area contributed by atoms with Crippen molar-refractivity contribution in [2.45, 2.75) is 9.74 Å². The van der Waals surface area contributed by atoms with Crippen molar-refractivity contribution in [3.63, 3.8) is 0 Å². The standard InChI is InChI=1S/C11H5BrCl3F2NO2S/c12-6-4-9(21(19,20)11(15,16)17)18-10(6)5-1-2-7(13)8(14)3-5/h1-4,18H. The Hall–Kier alpha value is -0.340. The number of nitrogens with one attached hydrogen (secondary N) is 1. The fourth-order valence-electron chi connectivity index (χ4n) is 1.54. The SMILES string of the molecule is O=S(=O)(c1cc(Br)c(-c2ccc(Cl)c(Cl)c2)[nH]1)C(F)(F)Cl. The molecule has 114 valence electrons. The van der Waals surface area contributed by atoms with Crippen molar-refractivity contribution in [1.29, 1.82) is 0 Å². The van der Waals surface area contributed by atoms with E-state index in [1.165, 1.54) is 12.1 Å². The van der Waals surface area contributed by atoms with Gasteiger partial charge < -0.3 is 4.98 Å². The first kappa shape index (κ1) is 17.0. The Morgan fingerprint density at radius 1 is 1.14 bits per heavy atom. The summed E-state index contributed by atoms with van der Waals surface area (Å²) in [6.45, 7) is 0. The molecular weight excluding hydrogens is 434 g/mol. The van der Waals surface area contributed by atoms with Crippen LogP contribution in [0.2, 0.25) is 10.0 Å². The quantitative estimate of drug-likeness (QED) is 0.659. The molecule has 0 fully saturated rings. The summed E-state index contributed by atoms with van der Waals surface area (Å²) in [5, 5.41) is -0.165. The van der Waals surface area contributed by atoms with Gasteiger partial charge in [0.25, 0.3) is 9.84 Å². The van der Waals surface area contributed by atoms with Crippen molar-refractivity contribution in [2.75, 3.05) is 0 Å². The molecule has 0 aliphatic rings. The highest BCUT2D eigenvalue weighted by molar-refractivity contribution is 9.10. The van der Waals surface area contributed by atoms with E-state index in [-0.39, 0.29) is 15.2 Å². The van der Waals surface area contributed by atoms with Crippen molar-refractivity contribution in [2.24, 2.45) is 0 Å². The molecule has 10 heteroatoms. The lowest BCUT2D eigenvalue weighted by molar-refractivity contribution is 0.186. The van der Waals surface area contributed by atoms with Crippen LogP contribution in [0.5, 0.6) is 0 Å². The van der Waals surface area contributed by atoms with Crippen LogP contribution in [-0.4, -0.2) is 18.1 Å². The molecule has 1 heterocycles. The molecule has 0 saturated heterocycles. The molecule has 0 unspecified atom stereocenters. The average Bonchev–Trinajstić information content (AvgIpc) is 2.74. The maximum Gasteiger partial charge on any atom is 0.428 e. The zero-order valence-corrected chi connectivity index (χ0v) is 14.5. The fraction of sp³-hybridized carbons (Fsp3) is 0.0909. The Balaban J connectivity index is 2.57. The van der Waals surface area contributed by atoms with E-state index >= 15 is 0 Å². The third kappa shape index (κ3) is 3.22. The topological polar surface area (TPSA) is 49.9 Å². The van der Waals surface area contributed by atoms with Crippen LogP contribution in [0.15, 0.2) is 33.8 Å². The van der Waals surface area contributed by atoms with Crippen LogP contribution in [0.4, 0.5) is 8.78 Å². The third-order valence-corrected chi connectivity index (χ3v) is 5.93. The van der Waals surface area contributed by atoms with E-state index in [9.17, 15) is 17.2 Å². The molecule has 1 N–H and O–H groups in total. The molecule has 2 rings (SSSR count). The van der Waals surface area contributed by atoms with Crippen molar-refractivity contribution in [3.8, 4) is 11.3 Å². The van der Waals surface area contributed by atoms with Gasteiger partial charge in [-0.1, -0.05) is 29.3 Å². The van der Waals surface area contributed by atoms with E-state index in [1.54, 1.807) is 6.07 Å². The zero-order valence-electron chi connectivity index (χ0n) is 9.80. The first-order valence-corrected chi connectivity index (χ1v) is 8.60.